The number of hydrogen-bond donors (Lipinski definition) is 2. The van der Waals surface area contributed by atoms with Crippen LogP contribution >= 0.6 is 23.7 Å². The third-order valence-corrected chi connectivity index (χ3v) is 6.89. The van der Waals surface area contributed by atoms with Gasteiger partial charge in [0, 0.05) is 27.5 Å². The topological polar surface area (TPSA) is 43.7 Å². The van der Waals surface area contributed by atoms with Crippen LogP contribution in [0.1, 0.15) is 17.5 Å². The molecule has 0 aromatic heterocycles. The van der Waals surface area contributed by atoms with Gasteiger partial charge in [0.2, 0.25) is 0 Å². The summed E-state index contributed by atoms with van der Waals surface area (Å²) in [7, 11) is 0. The highest BCUT2D eigenvalue weighted by atomic mass is 32.2. The molecule has 0 radical (unpaired) electrons. The van der Waals surface area contributed by atoms with Gasteiger partial charge in [0.15, 0.2) is 0 Å². The predicted molar refractivity (Wildman–Crippen MR) is 133 cm³/mol. The molecule has 3 rings (SSSR count). The molecule has 11 heteroatoms. The first kappa shape index (κ1) is 28.6. The molecular formula is C26H21F6NO2S2. The maximum Gasteiger partial charge on any atom is 0.433 e. The number of aliphatic hydroxyl groups is 1. The third kappa shape index (κ3) is 7.53. The summed E-state index contributed by atoms with van der Waals surface area (Å²) in [5.74, 6) is 4.11. The van der Waals surface area contributed by atoms with E-state index in [-0.39, 0.29) is 21.9 Å². The van der Waals surface area contributed by atoms with E-state index in [2.05, 4.69) is 5.92 Å². The molecule has 0 aliphatic rings. The van der Waals surface area contributed by atoms with E-state index < -0.39 is 36.5 Å². The first-order valence-corrected chi connectivity index (χ1v) is 12.7. The van der Waals surface area contributed by atoms with Gasteiger partial charge in [-0.1, -0.05) is 30.2 Å². The van der Waals surface area contributed by atoms with Crippen LogP contribution < -0.4 is 4.31 Å². The minimum absolute atomic E-state index is 0.167. The fourth-order valence-electron chi connectivity index (χ4n) is 3.24. The van der Waals surface area contributed by atoms with E-state index in [0.29, 0.717) is 11.9 Å². The zero-order chi connectivity index (χ0) is 27.3. The van der Waals surface area contributed by atoms with Crippen LogP contribution in [0.3, 0.4) is 0 Å². The summed E-state index contributed by atoms with van der Waals surface area (Å²) in [6.07, 6.45) is -9.36. The second-order valence-corrected chi connectivity index (χ2v) is 9.73. The van der Waals surface area contributed by atoms with E-state index >= 15 is 0 Å². The smallest absolute Gasteiger partial charge is 0.433 e. The Balaban J connectivity index is 2.11. The van der Waals surface area contributed by atoms with Gasteiger partial charge in [0.1, 0.15) is 5.75 Å². The Hall–Kier alpha value is -2.94. The van der Waals surface area contributed by atoms with Gasteiger partial charge >= 0.3 is 12.4 Å². The summed E-state index contributed by atoms with van der Waals surface area (Å²) in [5, 5.41) is 20.7. The predicted octanol–water partition coefficient (Wildman–Crippen LogP) is 7.38. The van der Waals surface area contributed by atoms with Crippen molar-refractivity contribution in [2.45, 2.75) is 34.2 Å². The van der Waals surface area contributed by atoms with Crippen molar-refractivity contribution >= 4 is 29.4 Å². The normalized spacial score (nSPS) is 13.4. The summed E-state index contributed by atoms with van der Waals surface area (Å²) >= 11 is 2.13. The summed E-state index contributed by atoms with van der Waals surface area (Å²) in [6, 6.07) is 16.7. The first-order valence-electron chi connectivity index (χ1n) is 10.7. The molecule has 0 amide bonds. The van der Waals surface area contributed by atoms with Crippen molar-refractivity contribution in [3.05, 3.63) is 83.9 Å². The molecule has 1 atom stereocenters. The van der Waals surface area contributed by atoms with Gasteiger partial charge in [-0.05, 0) is 72.7 Å². The first-order chi connectivity index (χ1) is 17.3. The van der Waals surface area contributed by atoms with Crippen molar-refractivity contribution in [3.8, 4) is 17.6 Å². The van der Waals surface area contributed by atoms with Crippen LogP contribution in [0.15, 0.2) is 82.6 Å². The number of phenolic OH excluding ortho intramolecular Hbond substituents is 1. The second-order valence-electron chi connectivity index (χ2n) is 7.76. The Bertz CT molecular complexity index is 1270. The zero-order valence-corrected chi connectivity index (χ0v) is 20.9. The molecule has 2 N–H and O–H groups in total. The molecule has 0 saturated heterocycles. The molecule has 0 heterocycles. The minimum atomic E-state index is -5.28. The van der Waals surface area contributed by atoms with Gasteiger partial charge in [0.25, 0.3) is 5.60 Å². The number of thioether (sulfide) groups is 1. The van der Waals surface area contributed by atoms with E-state index in [0.717, 1.165) is 15.3 Å². The number of alkyl halides is 6. The molecule has 37 heavy (non-hydrogen) atoms. The lowest BCUT2D eigenvalue weighted by molar-refractivity contribution is -0.240. The number of halogens is 6. The lowest BCUT2D eigenvalue weighted by atomic mass is 9.91. The largest absolute Gasteiger partial charge is 0.508 e. The molecule has 0 aliphatic carbocycles. The monoisotopic (exact) mass is 557 g/mol. The van der Waals surface area contributed by atoms with E-state index in [9.17, 15) is 36.6 Å². The maximum absolute atomic E-state index is 14.3. The number of aromatic hydroxyl groups is 1. The van der Waals surface area contributed by atoms with E-state index in [1.807, 2.05) is 12.2 Å². The SMILES string of the molecule is CSc1ccc(C#CC(O)(c2ccccc2N(CCC(F)(F)F)Sc2cccc(O)c2)C(F)(F)F)cc1. The highest BCUT2D eigenvalue weighted by Crippen LogP contribution is 2.45. The van der Waals surface area contributed by atoms with Gasteiger partial charge in [-0.3, -0.25) is 0 Å². The standard InChI is InChI=1S/C26H21F6NO2S2/c1-36-20-11-9-18(10-12-20)13-14-24(35,26(30,31)32)22-7-2-3-8-23(22)33(16-15-25(27,28)29)37-21-6-4-5-19(34)17-21/h2-12,17,34-35H,15-16H2,1H3. The summed E-state index contributed by atoms with van der Waals surface area (Å²) in [5.41, 5.74) is -4.48. The lowest BCUT2D eigenvalue weighted by Crippen LogP contribution is -2.42. The Morgan fingerprint density at radius 1 is 0.865 bits per heavy atom. The van der Waals surface area contributed by atoms with E-state index in [1.165, 1.54) is 66.4 Å². The number of nitrogens with zero attached hydrogens (tertiary/aromatic N) is 1. The molecule has 0 bridgehead atoms. The van der Waals surface area contributed by atoms with Gasteiger partial charge in [-0.2, -0.15) is 26.3 Å². The molecule has 0 saturated carbocycles. The van der Waals surface area contributed by atoms with Crippen LogP contribution in [-0.2, 0) is 5.60 Å². The molecule has 0 spiro atoms. The average molecular weight is 558 g/mol. The molecule has 0 aliphatic heterocycles. The van der Waals surface area contributed by atoms with Crippen LogP contribution in [0.25, 0.3) is 0 Å². The van der Waals surface area contributed by atoms with Crippen molar-refractivity contribution in [1.29, 1.82) is 0 Å². The highest BCUT2D eigenvalue weighted by molar-refractivity contribution is 8.00. The molecule has 196 valence electrons. The summed E-state index contributed by atoms with van der Waals surface area (Å²) in [6.45, 7) is -0.724. The number of benzene rings is 3. The van der Waals surface area contributed by atoms with Gasteiger partial charge in [0.05, 0.1) is 12.1 Å². The number of para-hydroxylation sites is 1. The second kappa shape index (κ2) is 11.6. The Morgan fingerprint density at radius 3 is 2.14 bits per heavy atom. The number of phenols is 1. The molecule has 3 aromatic rings. The van der Waals surface area contributed by atoms with E-state index in [1.54, 1.807) is 12.1 Å². The quantitative estimate of drug-likeness (QED) is 0.137. The fraction of sp³-hybridized carbons (Fsp3) is 0.231. The van der Waals surface area contributed by atoms with Gasteiger partial charge in [-0.25, -0.2) is 0 Å². The maximum atomic E-state index is 14.3. The fourth-order valence-corrected chi connectivity index (χ4v) is 4.65. The van der Waals surface area contributed by atoms with Crippen LogP contribution in [-0.4, -0.2) is 35.4 Å². The van der Waals surface area contributed by atoms with E-state index in [4.69, 9.17) is 0 Å². The Morgan fingerprint density at radius 2 is 1.54 bits per heavy atom. The van der Waals surface area contributed by atoms with Crippen LogP contribution in [0.4, 0.5) is 32.0 Å². The summed E-state index contributed by atoms with van der Waals surface area (Å²) < 4.78 is 83.2. The average Bonchev–Trinajstić information content (AvgIpc) is 2.84. The molecular weight excluding hydrogens is 536 g/mol. The van der Waals surface area contributed by atoms with Crippen molar-refractivity contribution in [3.63, 3.8) is 0 Å². The van der Waals surface area contributed by atoms with Crippen molar-refractivity contribution in [1.82, 2.24) is 0 Å². The van der Waals surface area contributed by atoms with Gasteiger partial charge < -0.3 is 14.5 Å². The molecule has 0 fully saturated rings. The Labute approximate surface area is 218 Å². The van der Waals surface area contributed by atoms with Gasteiger partial charge in [-0.15, -0.1) is 11.8 Å². The highest BCUT2D eigenvalue weighted by Gasteiger charge is 2.55. The minimum Gasteiger partial charge on any atom is -0.508 e. The summed E-state index contributed by atoms with van der Waals surface area (Å²) in [4.78, 5) is 1.15. The number of anilines is 1. The van der Waals surface area contributed by atoms with Crippen molar-refractivity contribution < 1.29 is 36.6 Å². The van der Waals surface area contributed by atoms with Crippen LogP contribution in [0, 0.1) is 11.8 Å². The zero-order valence-electron chi connectivity index (χ0n) is 19.3. The molecule has 3 nitrogen and oxygen atoms in total. The van der Waals surface area contributed by atoms with Crippen LogP contribution in [0.5, 0.6) is 5.75 Å². The van der Waals surface area contributed by atoms with Crippen molar-refractivity contribution in [2.75, 3.05) is 17.1 Å². The Kier molecular flexibility index (Phi) is 9.00. The lowest BCUT2D eigenvalue weighted by Gasteiger charge is -2.32. The number of rotatable bonds is 7. The number of hydrogen-bond acceptors (Lipinski definition) is 5. The third-order valence-electron chi connectivity index (χ3n) is 5.08. The molecule has 3 aromatic carbocycles. The van der Waals surface area contributed by atoms with Crippen LogP contribution in [0.2, 0.25) is 0 Å². The van der Waals surface area contributed by atoms with Crippen molar-refractivity contribution in [2.24, 2.45) is 0 Å². The molecule has 1 unspecified atom stereocenters.